The number of aryl methyl sites for hydroxylation is 1. The summed E-state index contributed by atoms with van der Waals surface area (Å²) in [5, 5.41) is 3.26. The molecule has 122 valence electrons. The molecule has 1 N–H and O–H groups in total. The molecule has 0 aliphatic rings. The zero-order valence-corrected chi connectivity index (χ0v) is 13.6. The molecule has 0 radical (unpaired) electrons. The lowest BCUT2D eigenvalue weighted by molar-refractivity contribution is 0.414. The summed E-state index contributed by atoms with van der Waals surface area (Å²) in [6.07, 6.45) is 5.06. The lowest BCUT2D eigenvalue weighted by Crippen LogP contribution is -2.01. The van der Waals surface area contributed by atoms with Gasteiger partial charge >= 0.3 is 6.01 Å². The van der Waals surface area contributed by atoms with Gasteiger partial charge in [0.05, 0.1) is 13.3 Å². The largest absolute Gasteiger partial charge is 0.497 e. The Bertz CT molecular complexity index is 772. The van der Waals surface area contributed by atoms with Crippen molar-refractivity contribution < 1.29 is 9.47 Å². The predicted octanol–water partition coefficient (Wildman–Crippen LogP) is 3.59. The van der Waals surface area contributed by atoms with Crippen molar-refractivity contribution in [2.75, 3.05) is 12.4 Å². The molecule has 3 rings (SSSR count). The van der Waals surface area contributed by atoms with Crippen molar-refractivity contribution in [3.05, 3.63) is 66.1 Å². The average molecular weight is 322 g/mol. The van der Waals surface area contributed by atoms with Crippen molar-refractivity contribution in [3.63, 3.8) is 0 Å². The van der Waals surface area contributed by atoms with Crippen molar-refractivity contribution >= 4 is 5.82 Å². The summed E-state index contributed by atoms with van der Waals surface area (Å²) < 4.78 is 10.7. The maximum atomic E-state index is 5.55. The monoisotopic (exact) mass is 322 g/mol. The molecule has 0 aliphatic carbocycles. The summed E-state index contributed by atoms with van der Waals surface area (Å²) in [5.41, 5.74) is 2.13. The van der Waals surface area contributed by atoms with E-state index >= 15 is 0 Å². The molecule has 24 heavy (non-hydrogen) atoms. The van der Waals surface area contributed by atoms with Gasteiger partial charge in [-0.2, -0.15) is 0 Å². The van der Waals surface area contributed by atoms with E-state index in [1.54, 1.807) is 25.7 Å². The van der Waals surface area contributed by atoms with Crippen LogP contribution in [0.5, 0.6) is 17.5 Å². The number of methoxy groups -OCH3 is 1. The van der Waals surface area contributed by atoms with Crippen LogP contribution in [0.3, 0.4) is 0 Å². The zero-order chi connectivity index (χ0) is 16.8. The van der Waals surface area contributed by atoms with Crippen LogP contribution >= 0.6 is 0 Å². The highest BCUT2D eigenvalue weighted by Crippen LogP contribution is 2.18. The van der Waals surface area contributed by atoms with Gasteiger partial charge in [0, 0.05) is 18.9 Å². The van der Waals surface area contributed by atoms with Gasteiger partial charge in [-0.15, -0.1) is 0 Å². The molecule has 0 saturated carbocycles. The third-order valence-corrected chi connectivity index (χ3v) is 3.34. The maximum absolute atomic E-state index is 5.55. The summed E-state index contributed by atoms with van der Waals surface area (Å²) in [4.78, 5) is 12.5. The van der Waals surface area contributed by atoms with E-state index in [0.29, 0.717) is 18.3 Å². The van der Waals surface area contributed by atoms with E-state index in [1.807, 2.05) is 43.3 Å². The topological polar surface area (TPSA) is 69.2 Å². The summed E-state index contributed by atoms with van der Waals surface area (Å²) in [6.45, 7) is 2.60. The quantitative estimate of drug-likeness (QED) is 0.748. The number of aromatic nitrogens is 3. The molecule has 2 aromatic heterocycles. The van der Waals surface area contributed by atoms with Crippen LogP contribution in [-0.2, 0) is 6.54 Å². The Labute approximate surface area is 140 Å². The first kappa shape index (κ1) is 15.7. The van der Waals surface area contributed by atoms with Crippen LogP contribution in [0.2, 0.25) is 0 Å². The van der Waals surface area contributed by atoms with Crippen molar-refractivity contribution in [1.29, 1.82) is 0 Å². The number of nitrogens with zero attached hydrogens (tertiary/aromatic N) is 3. The molecule has 0 saturated heterocycles. The van der Waals surface area contributed by atoms with E-state index in [-0.39, 0.29) is 0 Å². The van der Waals surface area contributed by atoms with E-state index in [9.17, 15) is 0 Å². The van der Waals surface area contributed by atoms with Crippen LogP contribution < -0.4 is 14.8 Å². The first-order chi connectivity index (χ1) is 11.7. The molecule has 6 heteroatoms. The minimum Gasteiger partial charge on any atom is -0.497 e. The third-order valence-electron chi connectivity index (χ3n) is 3.34. The van der Waals surface area contributed by atoms with E-state index in [2.05, 4.69) is 20.3 Å². The fourth-order valence-electron chi connectivity index (χ4n) is 2.02. The molecular weight excluding hydrogens is 304 g/mol. The minimum absolute atomic E-state index is 0.307. The molecule has 2 heterocycles. The SMILES string of the molecule is COc1ccc(CNc2ccc(Oc3ncc(C)cn3)cn2)cc1. The van der Waals surface area contributed by atoms with Crippen LogP contribution in [0, 0.1) is 6.92 Å². The highest BCUT2D eigenvalue weighted by Gasteiger charge is 2.02. The van der Waals surface area contributed by atoms with Gasteiger partial charge in [0.1, 0.15) is 17.3 Å². The van der Waals surface area contributed by atoms with Crippen molar-refractivity contribution in [2.45, 2.75) is 13.5 Å². The Morgan fingerprint density at radius 3 is 2.21 bits per heavy atom. The Kier molecular flexibility index (Phi) is 4.86. The average Bonchev–Trinajstić information content (AvgIpc) is 2.63. The number of anilines is 1. The Morgan fingerprint density at radius 1 is 0.875 bits per heavy atom. The van der Waals surface area contributed by atoms with Gasteiger partial charge in [0.25, 0.3) is 0 Å². The van der Waals surface area contributed by atoms with E-state index in [0.717, 1.165) is 22.7 Å². The number of hydrogen-bond acceptors (Lipinski definition) is 6. The number of hydrogen-bond donors (Lipinski definition) is 1. The van der Waals surface area contributed by atoms with Crippen molar-refractivity contribution in [2.24, 2.45) is 0 Å². The van der Waals surface area contributed by atoms with Gasteiger partial charge in [-0.3, -0.25) is 0 Å². The molecule has 1 aromatic carbocycles. The Morgan fingerprint density at radius 2 is 1.58 bits per heavy atom. The number of benzene rings is 1. The Hall–Kier alpha value is -3.15. The fraction of sp³-hybridized carbons (Fsp3) is 0.167. The van der Waals surface area contributed by atoms with Gasteiger partial charge in [-0.1, -0.05) is 12.1 Å². The summed E-state index contributed by atoms with van der Waals surface area (Å²) in [6, 6.07) is 11.9. The minimum atomic E-state index is 0.307. The summed E-state index contributed by atoms with van der Waals surface area (Å²) >= 11 is 0. The van der Waals surface area contributed by atoms with Crippen LogP contribution in [0.1, 0.15) is 11.1 Å². The number of pyridine rings is 1. The van der Waals surface area contributed by atoms with Gasteiger partial charge in [-0.25, -0.2) is 15.0 Å². The second-order valence-electron chi connectivity index (χ2n) is 5.23. The Balaban J connectivity index is 1.56. The molecule has 3 aromatic rings. The molecule has 6 nitrogen and oxygen atoms in total. The highest BCUT2D eigenvalue weighted by molar-refractivity contribution is 5.39. The van der Waals surface area contributed by atoms with Crippen LogP contribution in [0.4, 0.5) is 5.82 Å². The first-order valence-corrected chi connectivity index (χ1v) is 7.52. The second kappa shape index (κ2) is 7.41. The lowest BCUT2D eigenvalue weighted by atomic mass is 10.2. The van der Waals surface area contributed by atoms with Gasteiger partial charge < -0.3 is 14.8 Å². The normalized spacial score (nSPS) is 10.2. The lowest BCUT2D eigenvalue weighted by Gasteiger charge is -2.08. The predicted molar refractivity (Wildman–Crippen MR) is 91.4 cm³/mol. The van der Waals surface area contributed by atoms with Crippen LogP contribution in [0.15, 0.2) is 55.0 Å². The third kappa shape index (κ3) is 4.19. The molecule has 0 unspecified atom stereocenters. The van der Waals surface area contributed by atoms with Gasteiger partial charge in [0.2, 0.25) is 0 Å². The second-order valence-corrected chi connectivity index (χ2v) is 5.23. The molecule has 0 bridgehead atoms. The number of ether oxygens (including phenoxy) is 2. The fourth-order valence-corrected chi connectivity index (χ4v) is 2.02. The highest BCUT2D eigenvalue weighted by atomic mass is 16.5. The van der Waals surface area contributed by atoms with Crippen LogP contribution in [-0.4, -0.2) is 22.1 Å². The number of rotatable bonds is 6. The molecule has 0 amide bonds. The van der Waals surface area contributed by atoms with E-state index in [4.69, 9.17) is 9.47 Å². The molecule has 0 fully saturated rings. The summed E-state index contributed by atoms with van der Waals surface area (Å²) in [7, 11) is 1.66. The zero-order valence-electron chi connectivity index (χ0n) is 13.6. The van der Waals surface area contributed by atoms with Gasteiger partial charge in [-0.05, 0) is 42.3 Å². The van der Waals surface area contributed by atoms with Gasteiger partial charge in [0.15, 0.2) is 0 Å². The molecule has 0 atom stereocenters. The van der Waals surface area contributed by atoms with E-state index in [1.165, 1.54) is 0 Å². The molecule has 0 spiro atoms. The van der Waals surface area contributed by atoms with E-state index < -0.39 is 0 Å². The maximum Gasteiger partial charge on any atom is 0.321 e. The molecular formula is C18H18N4O2. The van der Waals surface area contributed by atoms with Crippen molar-refractivity contribution in [3.8, 4) is 17.5 Å². The summed E-state index contributed by atoms with van der Waals surface area (Å²) in [5.74, 6) is 2.20. The smallest absolute Gasteiger partial charge is 0.321 e. The first-order valence-electron chi connectivity index (χ1n) is 7.52. The number of nitrogens with one attached hydrogen (secondary N) is 1. The molecule has 0 aliphatic heterocycles. The standard InChI is InChI=1S/C18H18N4O2/c1-13-9-21-18(22-10-13)24-16-7-8-17(20-12-16)19-11-14-3-5-15(23-2)6-4-14/h3-10,12H,11H2,1-2H3,(H,19,20). The van der Waals surface area contributed by atoms with Crippen molar-refractivity contribution in [1.82, 2.24) is 15.0 Å². The van der Waals surface area contributed by atoms with Crippen LogP contribution in [0.25, 0.3) is 0 Å².